The molecule has 8 heteroatoms. The summed E-state index contributed by atoms with van der Waals surface area (Å²) in [7, 11) is 0. The number of nitrogens with zero attached hydrogens (tertiary/aromatic N) is 2. The Balaban J connectivity index is 1.58. The Morgan fingerprint density at radius 1 is 1.06 bits per heavy atom. The van der Waals surface area contributed by atoms with Crippen molar-refractivity contribution in [2.75, 3.05) is 11.1 Å². The molecule has 5 rings (SSSR count). The van der Waals surface area contributed by atoms with Gasteiger partial charge >= 0.3 is 5.56 Å². The summed E-state index contributed by atoms with van der Waals surface area (Å²) < 4.78 is 7.40. The molecular weight excluding hydrogens is 470 g/mol. The molecule has 0 bridgehead atoms. The number of halogens is 1. The molecule has 1 amide bonds. The molecule has 0 atom stereocenters. The van der Waals surface area contributed by atoms with Crippen LogP contribution in [-0.2, 0) is 4.79 Å². The number of hydrogen-bond acceptors (Lipinski definition) is 5. The summed E-state index contributed by atoms with van der Waals surface area (Å²) in [6.45, 7) is 3.95. The van der Waals surface area contributed by atoms with Crippen LogP contribution in [0.4, 0.5) is 5.69 Å². The topological polar surface area (TPSA) is 77.1 Å². The van der Waals surface area contributed by atoms with Crippen LogP contribution in [-0.4, -0.2) is 21.2 Å². The van der Waals surface area contributed by atoms with Crippen molar-refractivity contribution in [3.8, 4) is 5.69 Å². The number of amides is 1. The summed E-state index contributed by atoms with van der Waals surface area (Å²) in [4.78, 5) is 31.0. The average molecular weight is 490 g/mol. The van der Waals surface area contributed by atoms with Gasteiger partial charge in [-0.1, -0.05) is 41.6 Å². The lowest BCUT2D eigenvalue weighted by Crippen LogP contribution is -2.22. The molecule has 0 fully saturated rings. The third kappa shape index (κ3) is 4.32. The number of thioether (sulfide) groups is 1. The molecule has 0 saturated heterocycles. The zero-order valence-electron chi connectivity index (χ0n) is 18.5. The highest BCUT2D eigenvalue weighted by atomic mass is 35.5. The van der Waals surface area contributed by atoms with Gasteiger partial charge in [-0.05, 0) is 73.5 Å². The van der Waals surface area contributed by atoms with E-state index in [9.17, 15) is 9.59 Å². The summed E-state index contributed by atoms with van der Waals surface area (Å²) >= 11 is 7.11. The van der Waals surface area contributed by atoms with E-state index in [0.29, 0.717) is 32.7 Å². The third-order valence-electron chi connectivity index (χ3n) is 5.29. The van der Waals surface area contributed by atoms with E-state index in [4.69, 9.17) is 21.0 Å². The molecule has 0 aliphatic heterocycles. The van der Waals surface area contributed by atoms with E-state index in [1.165, 1.54) is 16.3 Å². The Morgan fingerprint density at radius 3 is 2.50 bits per heavy atom. The van der Waals surface area contributed by atoms with E-state index >= 15 is 0 Å². The molecule has 6 nitrogen and oxygen atoms in total. The number of hydrogen-bond donors (Lipinski definition) is 1. The van der Waals surface area contributed by atoms with Crippen molar-refractivity contribution in [1.29, 1.82) is 0 Å². The predicted molar refractivity (Wildman–Crippen MR) is 137 cm³/mol. The van der Waals surface area contributed by atoms with E-state index < -0.39 is 0 Å². The number of carbonyl (C=O) groups excluding carboxylic acids is 1. The number of fused-ring (bicyclic) bond motifs is 3. The van der Waals surface area contributed by atoms with E-state index in [-0.39, 0.29) is 22.8 Å². The quantitative estimate of drug-likeness (QED) is 0.237. The SMILES string of the molecule is Cc1cc(C)cc(-n2c(SCC(=O)Nc3ccc(Cl)cc3)nc3c(oc4ccccc43)c2=O)c1. The maximum Gasteiger partial charge on any atom is 0.302 e. The Hall–Kier alpha value is -3.55. The third-order valence-corrected chi connectivity index (χ3v) is 6.48. The van der Waals surface area contributed by atoms with Crippen molar-refractivity contribution in [2.45, 2.75) is 19.0 Å². The van der Waals surface area contributed by atoms with Crippen LogP contribution >= 0.6 is 23.4 Å². The highest BCUT2D eigenvalue weighted by Gasteiger charge is 2.20. The molecule has 170 valence electrons. The number of nitrogens with one attached hydrogen (secondary N) is 1. The van der Waals surface area contributed by atoms with Crippen molar-refractivity contribution in [2.24, 2.45) is 0 Å². The maximum absolute atomic E-state index is 13.6. The van der Waals surface area contributed by atoms with Crippen LogP contribution in [0, 0.1) is 13.8 Å². The fraction of sp³-hybridized carbons (Fsp3) is 0.115. The number of benzene rings is 3. The van der Waals surface area contributed by atoms with Gasteiger partial charge in [-0.25, -0.2) is 4.98 Å². The van der Waals surface area contributed by atoms with Gasteiger partial charge in [-0.3, -0.25) is 14.2 Å². The van der Waals surface area contributed by atoms with Gasteiger partial charge in [-0.15, -0.1) is 0 Å². The van der Waals surface area contributed by atoms with E-state index in [2.05, 4.69) is 5.32 Å². The molecule has 0 aliphatic carbocycles. The lowest BCUT2D eigenvalue weighted by atomic mass is 10.1. The Kier molecular flexibility index (Phi) is 5.89. The zero-order chi connectivity index (χ0) is 23.8. The standard InChI is InChI=1S/C26H20ClN3O3S/c1-15-11-16(2)13-19(12-15)30-25(32)24-23(20-5-3-4-6-21(20)33-24)29-26(30)34-14-22(31)28-18-9-7-17(27)8-10-18/h3-13H,14H2,1-2H3,(H,28,31). The molecule has 0 unspecified atom stereocenters. The number of furan rings is 1. The first-order valence-electron chi connectivity index (χ1n) is 10.6. The molecule has 2 heterocycles. The highest BCUT2D eigenvalue weighted by molar-refractivity contribution is 7.99. The summed E-state index contributed by atoms with van der Waals surface area (Å²) in [5.74, 6) is -0.146. The van der Waals surface area contributed by atoms with Gasteiger partial charge in [0.2, 0.25) is 11.5 Å². The van der Waals surface area contributed by atoms with Crippen LogP contribution in [0.3, 0.4) is 0 Å². The molecule has 0 aliphatic rings. The van der Waals surface area contributed by atoms with Gasteiger partial charge in [0.1, 0.15) is 11.1 Å². The summed E-state index contributed by atoms with van der Waals surface area (Å²) in [6.07, 6.45) is 0. The first-order chi connectivity index (χ1) is 16.4. The van der Waals surface area contributed by atoms with Crippen LogP contribution < -0.4 is 10.9 Å². The fourth-order valence-corrected chi connectivity index (χ4v) is 4.82. The molecule has 2 aromatic heterocycles. The Bertz CT molecular complexity index is 1590. The van der Waals surface area contributed by atoms with Crippen LogP contribution in [0.25, 0.3) is 27.8 Å². The van der Waals surface area contributed by atoms with Crippen molar-refractivity contribution < 1.29 is 9.21 Å². The second-order valence-electron chi connectivity index (χ2n) is 8.00. The van der Waals surface area contributed by atoms with Crippen molar-refractivity contribution in [1.82, 2.24) is 9.55 Å². The zero-order valence-corrected chi connectivity index (χ0v) is 20.0. The first-order valence-corrected chi connectivity index (χ1v) is 12.0. The Morgan fingerprint density at radius 2 is 1.76 bits per heavy atom. The van der Waals surface area contributed by atoms with Gasteiger partial charge in [0.15, 0.2) is 5.16 Å². The molecular formula is C26H20ClN3O3S. The largest absolute Gasteiger partial charge is 0.448 e. The van der Waals surface area contributed by atoms with Crippen molar-refractivity contribution in [3.05, 3.63) is 93.2 Å². The molecule has 5 aromatic rings. The van der Waals surface area contributed by atoms with Crippen LogP contribution in [0.5, 0.6) is 0 Å². The van der Waals surface area contributed by atoms with E-state index in [1.807, 2.05) is 56.3 Å². The summed E-state index contributed by atoms with van der Waals surface area (Å²) in [5, 5.41) is 4.61. The minimum atomic E-state index is -0.313. The second kappa shape index (κ2) is 9.00. The highest BCUT2D eigenvalue weighted by Crippen LogP contribution is 2.29. The first kappa shape index (κ1) is 22.3. The second-order valence-corrected chi connectivity index (χ2v) is 9.38. The molecule has 1 N–H and O–H groups in total. The average Bonchev–Trinajstić information content (AvgIpc) is 3.18. The van der Waals surface area contributed by atoms with Crippen molar-refractivity contribution >= 4 is 57.0 Å². The predicted octanol–water partition coefficient (Wildman–Crippen LogP) is 6.13. The van der Waals surface area contributed by atoms with Gasteiger partial charge in [-0.2, -0.15) is 0 Å². The molecule has 0 radical (unpaired) electrons. The van der Waals surface area contributed by atoms with E-state index in [1.54, 1.807) is 24.3 Å². The minimum absolute atomic E-state index is 0.0706. The number of aryl methyl sites for hydroxylation is 2. The Labute approximate surface area is 204 Å². The molecule has 34 heavy (non-hydrogen) atoms. The molecule has 0 saturated carbocycles. The lowest BCUT2D eigenvalue weighted by Gasteiger charge is -2.13. The van der Waals surface area contributed by atoms with Gasteiger partial charge < -0.3 is 9.73 Å². The number of carbonyl (C=O) groups is 1. The minimum Gasteiger partial charge on any atom is -0.448 e. The van der Waals surface area contributed by atoms with Gasteiger partial charge in [0.05, 0.1) is 11.4 Å². The lowest BCUT2D eigenvalue weighted by molar-refractivity contribution is -0.113. The van der Waals surface area contributed by atoms with Crippen LogP contribution in [0.1, 0.15) is 11.1 Å². The monoisotopic (exact) mass is 489 g/mol. The summed E-state index contributed by atoms with van der Waals surface area (Å²) in [6, 6.07) is 20.2. The number of rotatable bonds is 5. The summed E-state index contributed by atoms with van der Waals surface area (Å²) in [5.41, 5.74) is 4.32. The van der Waals surface area contributed by atoms with Crippen LogP contribution in [0.2, 0.25) is 5.02 Å². The van der Waals surface area contributed by atoms with Crippen molar-refractivity contribution in [3.63, 3.8) is 0 Å². The van der Waals surface area contributed by atoms with Gasteiger partial charge in [0.25, 0.3) is 0 Å². The smallest absolute Gasteiger partial charge is 0.302 e. The number of anilines is 1. The fourth-order valence-electron chi connectivity index (χ4n) is 3.89. The van der Waals surface area contributed by atoms with Crippen LogP contribution in [0.15, 0.2) is 81.1 Å². The van der Waals surface area contributed by atoms with E-state index in [0.717, 1.165) is 16.5 Å². The number of aromatic nitrogens is 2. The van der Waals surface area contributed by atoms with Gasteiger partial charge in [0, 0.05) is 16.1 Å². The molecule has 0 spiro atoms. The number of para-hydroxylation sites is 1. The molecule has 3 aromatic carbocycles. The normalized spacial score (nSPS) is 11.3. The maximum atomic E-state index is 13.6.